The Balaban J connectivity index is 1.84. The Kier molecular flexibility index (Phi) is 2.97. The second kappa shape index (κ2) is 4.91. The third kappa shape index (κ3) is 2.38. The van der Waals surface area contributed by atoms with E-state index < -0.39 is 11.9 Å². The van der Waals surface area contributed by atoms with E-state index in [4.69, 9.17) is 0 Å². The second-order valence-corrected chi connectivity index (χ2v) is 5.36. The SMILES string of the molecule is FC(F)(F)c1cc2c(N=C3CCc4ccccc43)ncnc2[nH]1. The van der Waals surface area contributed by atoms with E-state index in [1.54, 1.807) is 0 Å². The summed E-state index contributed by atoms with van der Waals surface area (Å²) in [5.41, 5.74) is 2.36. The minimum Gasteiger partial charge on any atom is -0.336 e. The third-order valence-electron chi connectivity index (χ3n) is 3.91. The molecule has 1 aliphatic rings. The van der Waals surface area contributed by atoms with Crippen LogP contribution in [0.1, 0.15) is 23.2 Å². The summed E-state index contributed by atoms with van der Waals surface area (Å²) in [6, 6.07) is 8.90. The molecule has 23 heavy (non-hydrogen) atoms. The zero-order valence-corrected chi connectivity index (χ0v) is 11.9. The predicted octanol–water partition coefficient (Wildman–Crippen LogP) is 4.04. The summed E-state index contributed by atoms with van der Waals surface area (Å²) in [7, 11) is 0. The molecule has 0 atom stereocenters. The fourth-order valence-corrected chi connectivity index (χ4v) is 2.82. The Hall–Kier alpha value is -2.70. The molecule has 0 amide bonds. The maximum atomic E-state index is 12.8. The molecule has 2 aromatic heterocycles. The van der Waals surface area contributed by atoms with E-state index in [-0.39, 0.29) is 16.9 Å². The molecule has 116 valence electrons. The summed E-state index contributed by atoms with van der Waals surface area (Å²) in [6.07, 6.45) is -1.60. The van der Waals surface area contributed by atoms with Crippen LogP contribution in [0.2, 0.25) is 0 Å². The number of hydrogen-bond acceptors (Lipinski definition) is 3. The Morgan fingerprint density at radius 3 is 2.74 bits per heavy atom. The van der Waals surface area contributed by atoms with Crippen molar-refractivity contribution in [3.63, 3.8) is 0 Å². The number of hydrogen-bond donors (Lipinski definition) is 1. The average molecular weight is 316 g/mol. The summed E-state index contributed by atoms with van der Waals surface area (Å²) in [6.45, 7) is 0. The van der Waals surface area contributed by atoms with E-state index in [1.165, 1.54) is 11.9 Å². The molecular weight excluding hydrogens is 305 g/mol. The first kappa shape index (κ1) is 13.9. The number of alkyl halides is 3. The second-order valence-electron chi connectivity index (χ2n) is 5.36. The number of aromatic nitrogens is 3. The van der Waals surface area contributed by atoms with Crippen LogP contribution in [0.15, 0.2) is 41.7 Å². The first-order chi connectivity index (χ1) is 11.0. The quantitative estimate of drug-likeness (QED) is 0.736. The fourth-order valence-electron chi connectivity index (χ4n) is 2.82. The van der Waals surface area contributed by atoms with Crippen LogP contribution in [0.5, 0.6) is 0 Å². The van der Waals surface area contributed by atoms with Crippen LogP contribution < -0.4 is 0 Å². The van der Waals surface area contributed by atoms with E-state index in [0.29, 0.717) is 0 Å². The summed E-state index contributed by atoms with van der Waals surface area (Å²) in [5, 5.41) is 0.275. The number of rotatable bonds is 1. The van der Waals surface area contributed by atoms with Gasteiger partial charge in [0.25, 0.3) is 0 Å². The van der Waals surface area contributed by atoms with E-state index >= 15 is 0 Å². The largest absolute Gasteiger partial charge is 0.431 e. The Morgan fingerprint density at radius 1 is 1.09 bits per heavy atom. The Bertz CT molecular complexity index is 924. The van der Waals surface area contributed by atoms with Gasteiger partial charge < -0.3 is 4.98 Å². The lowest BCUT2D eigenvalue weighted by atomic mass is 10.1. The Morgan fingerprint density at radius 2 is 1.91 bits per heavy atom. The minimum atomic E-state index is -4.45. The molecule has 3 aromatic rings. The monoisotopic (exact) mass is 316 g/mol. The van der Waals surface area contributed by atoms with Gasteiger partial charge in [0.1, 0.15) is 17.7 Å². The topological polar surface area (TPSA) is 53.9 Å². The van der Waals surface area contributed by atoms with E-state index in [2.05, 4.69) is 19.9 Å². The highest BCUT2D eigenvalue weighted by Gasteiger charge is 2.33. The van der Waals surface area contributed by atoms with Gasteiger partial charge in [-0.25, -0.2) is 15.0 Å². The van der Waals surface area contributed by atoms with Crippen LogP contribution >= 0.6 is 0 Å². The number of H-pyrrole nitrogens is 1. The van der Waals surface area contributed by atoms with Crippen molar-refractivity contribution in [2.45, 2.75) is 19.0 Å². The van der Waals surface area contributed by atoms with Crippen LogP contribution in [0, 0.1) is 0 Å². The first-order valence-corrected chi connectivity index (χ1v) is 7.09. The molecule has 0 fully saturated rings. The van der Waals surface area contributed by atoms with Crippen LogP contribution in [0.4, 0.5) is 19.0 Å². The molecule has 0 saturated carbocycles. The predicted molar refractivity (Wildman–Crippen MR) is 79.9 cm³/mol. The Labute approximate surface area is 129 Å². The normalized spacial score (nSPS) is 16.2. The van der Waals surface area contributed by atoms with E-state index in [0.717, 1.165) is 30.2 Å². The van der Waals surface area contributed by atoms with Gasteiger partial charge in [0.2, 0.25) is 0 Å². The average Bonchev–Trinajstić information content (AvgIpc) is 3.12. The highest BCUT2D eigenvalue weighted by Crippen LogP contribution is 2.34. The highest BCUT2D eigenvalue weighted by atomic mass is 19.4. The van der Waals surface area contributed by atoms with Gasteiger partial charge in [0, 0.05) is 0 Å². The summed E-state index contributed by atoms with van der Waals surface area (Å²) in [4.78, 5) is 14.7. The van der Waals surface area contributed by atoms with E-state index in [1.807, 2.05) is 24.3 Å². The number of aliphatic imine (C=N–C) groups is 1. The molecular formula is C16H11F3N4. The van der Waals surface area contributed by atoms with Crippen molar-refractivity contribution >= 4 is 22.6 Å². The summed E-state index contributed by atoms with van der Waals surface area (Å²) < 4.78 is 38.5. The van der Waals surface area contributed by atoms with Gasteiger partial charge >= 0.3 is 6.18 Å². The van der Waals surface area contributed by atoms with Gasteiger partial charge in [-0.05, 0) is 30.0 Å². The molecule has 0 spiro atoms. The number of nitrogens with one attached hydrogen (secondary N) is 1. The van der Waals surface area contributed by atoms with Crippen molar-refractivity contribution in [2.75, 3.05) is 0 Å². The highest BCUT2D eigenvalue weighted by molar-refractivity contribution is 6.06. The summed E-state index contributed by atoms with van der Waals surface area (Å²) >= 11 is 0. The van der Waals surface area contributed by atoms with Crippen LogP contribution in [-0.2, 0) is 12.6 Å². The van der Waals surface area contributed by atoms with Gasteiger partial charge in [-0.15, -0.1) is 0 Å². The zero-order chi connectivity index (χ0) is 16.0. The lowest BCUT2D eigenvalue weighted by Gasteiger charge is -2.01. The van der Waals surface area contributed by atoms with Gasteiger partial charge in [0.05, 0.1) is 11.1 Å². The molecule has 1 N–H and O–H groups in total. The van der Waals surface area contributed by atoms with Gasteiger partial charge in [-0.3, -0.25) is 0 Å². The number of nitrogens with zero attached hydrogens (tertiary/aromatic N) is 3. The molecule has 7 heteroatoms. The van der Waals surface area contributed by atoms with Crippen LogP contribution in [0.25, 0.3) is 11.0 Å². The van der Waals surface area contributed by atoms with Crippen LogP contribution in [-0.4, -0.2) is 20.7 Å². The number of halogens is 3. The molecule has 1 aromatic carbocycles. The van der Waals surface area contributed by atoms with Crippen molar-refractivity contribution in [2.24, 2.45) is 4.99 Å². The van der Waals surface area contributed by atoms with Gasteiger partial charge in [-0.1, -0.05) is 24.3 Å². The van der Waals surface area contributed by atoms with Crippen molar-refractivity contribution in [1.82, 2.24) is 15.0 Å². The smallest absolute Gasteiger partial charge is 0.336 e. The standard InChI is InChI=1S/C16H11F3N4/c17-16(18,19)13-7-11-14(20-8-21-15(11)23-13)22-12-6-5-9-3-1-2-4-10(9)12/h1-4,7-8H,5-6H2,(H,20,21,23). The maximum absolute atomic E-state index is 12.8. The van der Waals surface area contributed by atoms with Crippen molar-refractivity contribution in [3.8, 4) is 0 Å². The van der Waals surface area contributed by atoms with Crippen molar-refractivity contribution < 1.29 is 13.2 Å². The molecule has 1 aliphatic carbocycles. The lowest BCUT2D eigenvalue weighted by molar-refractivity contribution is -0.140. The third-order valence-corrected chi connectivity index (χ3v) is 3.91. The molecule has 4 rings (SSSR count). The molecule has 0 unspecified atom stereocenters. The number of fused-ring (bicyclic) bond motifs is 2. The molecule has 4 nitrogen and oxygen atoms in total. The number of benzene rings is 1. The zero-order valence-electron chi connectivity index (χ0n) is 11.9. The fraction of sp³-hybridized carbons (Fsp3) is 0.188. The van der Waals surface area contributed by atoms with Crippen molar-refractivity contribution in [3.05, 3.63) is 53.5 Å². The lowest BCUT2D eigenvalue weighted by Crippen LogP contribution is -2.04. The maximum Gasteiger partial charge on any atom is 0.431 e. The molecule has 0 bridgehead atoms. The summed E-state index contributed by atoms with van der Waals surface area (Å²) in [5.74, 6) is 0.258. The molecule has 0 radical (unpaired) electrons. The number of aromatic amines is 1. The molecule has 2 heterocycles. The van der Waals surface area contributed by atoms with Crippen LogP contribution in [0.3, 0.4) is 0 Å². The van der Waals surface area contributed by atoms with E-state index in [9.17, 15) is 13.2 Å². The first-order valence-electron chi connectivity index (χ1n) is 7.09. The minimum absolute atomic E-state index is 0.137. The van der Waals surface area contributed by atoms with Gasteiger partial charge in [0.15, 0.2) is 5.82 Å². The van der Waals surface area contributed by atoms with Crippen molar-refractivity contribution in [1.29, 1.82) is 0 Å². The molecule has 0 saturated heterocycles. The van der Waals surface area contributed by atoms with Gasteiger partial charge in [-0.2, -0.15) is 13.2 Å². The molecule has 0 aliphatic heterocycles. The number of aryl methyl sites for hydroxylation is 1.